The summed E-state index contributed by atoms with van der Waals surface area (Å²) in [4.78, 5) is 211. The Balaban J connectivity index is 0.000000326. The monoisotopic (exact) mass is 1990 g/mol. The first-order chi connectivity index (χ1) is 65.9. The number of hydrogen-bond acceptors (Lipinski definition) is 28. The molecule has 4 atom stereocenters. The number of imide groups is 1. The number of aliphatic carboxylic acids is 4. The molecule has 10 amide bonds. The summed E-state index contributed by atoms with van der Waals surface area (Å²) in [5.41, 5.74) is 5.97. The molecule has 0 saturated carbocycles. The van der Waals surface area contributed by atoms with E-state index in [1.807, 2.05) is 75.8 Å². The number of fused-ring (bicyclic) bond motifs is 2. The van der Waals surface area contributed by atoms with Crippen LogP contribution in [-0.2, 0) is 57.5 Å². The molecule has 0 fully saturated rings. The Kier molecular flexibility index (Phi) is 46.7. The number of nitrogens with one attached hydrogen (secondary N) is 8. The maximum absolute atomic E-state index is 13.1. The number of anilines is 1. The fourth-order valence-electron chi connectivity index (χ4n) is 14.0. The van der Waals surface area contributed by atoms with E-state index in [9.17, 15) is 107 Å². The first-order valence-corrected chi connectivity index (χ1v) is 47.0. The van der Waals surface area contributed by atoms with Crippen LogP contribution in [0.5, 0.6) is 0 Å². The summed E-state index contributed by atoms with van der Waals surface area (Å²) in [6.07, 6.45) is -1.08. The summed E-state index contributed by atoms with van der Waals surface area (Å²) in [6.45, 7) is 7.46. The topological polar surface area (TPSA) is 597 Å². The molecule has 0 aromatic heterocycles. The van der Waals surface area contributed by atoms with Gasteiger partial charge >= 0.3 is 23.9 Å². The zero-order valence-corrected chi connectivity index (χ0v) is 79.8. The molecule has 6 aromatic rings. The summed E-state index contributed by atoms with van der Waals surface area (Å²) in [5, 5.41) is 108. The van der Waals surface area contributed by atoms with Crippen LogP contribution in [0.4, 0.5) is 5.69 Å². The number of aromatic carboxylic acids is 1. The molecule has 0 spiro atoms. The molecule has 0 bridgehead atoms. The predicted octanol–water partition coefficient (Wildman–Crippen LogP) is 4.74. The van der Waals surface area contributed by atoms with E-state index in [2.05, 4.69) is 69.0 Å². The standard InChI is InChI=1S/C36H49N5O11S2.C32H41N5O11S.C29H24N2O5.CH4/c1-36(2,3)54-53-21-26(34(50)39-22-38-33(49)25-14-12-24(13-15-25)32(48)23-9-5-4-6-10-23)40-29(43)17-16-28(42)37-18-8-7-11-27(35(51)52)41(19-30(44)45)20-31(46)47;38-25(33-15-5-4-8-24(32(47)48)37(16-27(40)41)17-28(42)43)13-14-26(39)36-23(18-49)31(46)35-19-34-30(45)22-11-9-21(10-12-22)29(44)20-6-2-1-3-7-20;1-16(2)17-5-8-21-24(13-17)36-25-15-18(30(3)4)6-10-22(25)28(21)23-14-19(7-9-20(23)29(34)35)31-26(32)11-12-27(31)33;/h4-6,9-10,12-15,26-27,30,44-45H,7-8,11,16-22H2,1-3H3,(H,37,42)(H,38,49)(H,39,50)(H,40,43)(H,46,47)(H,51,52);1-3,6-7,9-12,23-24,27,40-41,49H,4-5,8,13-19H2,(H,33,38)(H,34,45)(H,35,46)(H,36,39)(H,42,43)(H,47,48);5-16H,1-4H3;1H4. The average molecular weight is 1990 g/mol. The van der Waals surface area contributed by atoms with Crippen molar-refractivity contribution in [1.29, 1.82) is 0 Å². The van der Waals surface area contributed by atoms with Gasteiger partial charge in [0.2, 0.25) is 40.8 Å². The number of benzene rings is 7. The second-order valence-electron chi connectivity index (χ2n) is 33.2. The smallest absolute Gasteiger partial charge is 0.320 e. The van der Waals surface area contributed by atoms with E-state index in [1.165, 1.54) is 82.3 Å². The van der Waals surface area contributed by atoms with Gasteiger partial charge in [0.1, 0.15) is 49.6 Å². The van der Waals surface area contributed by atoms with Crippen LogP contribution in [0.3, 0.4) is 0 Å². The van der Waals surface area contributed by atoms with Gasteiger partial charge in [0.25, 0.3) is 23.6 Å². The van der Waals surface area contributed by atoms with Crippen molar-refractivity contribution in [2.24, 2.45) is 0 Å². The highest BCUT2D eigenvalue weighted by molar-refractivity contribution is 8.77. The zero-order chi connectivity index (χ0) is 102. The number of carboxylic acid groups (broad SMARTS) is 5. The Labute approximate surface area is 820 Å². The van der Waals surface area contributed by atoms with Crippen LogP contribution >= 0.6 is 34.2 Å². The van der Waals surface area contributed by atoms with E-state index >= 15 is 0 Å². The fourth-order valence-corrected chi connectivity index (χ4v) is 16.7. The van der Waals surface area contributed by atoms with Crippen LogP contribution in [-0.4, -0.2) is 271 Å². The number of carbonyl (C=O) groups is 17. The Bertz CT molecular complexity index is 5760. The molecule has 9 rings (SSSR count). The quantitative estimate of drug-likeness (QED) is 0.00357. The third kappa shape index (κ3) is 37.1. The number of carboxylic acids is 5. The van der Waals surface area contributed by atoms with Crippen LogP contribution in [0, 0.1) is 0 Å². The number of carbonyl (C=O) groups excluding carboxylic acids is 13. The molecular formula is C98H118N12O27S3. The number of aliphatic hydroxyl groups excluding tert-OH is 2. The summed E-state index contributed by atoms with van der Waals surface area (Å²) in [7, 11) is 6.75. The lowest BCUT2D eigenvalue weighted by Gasteiger charge is -2.27. The van der Waals surface area contributed by atoms with E-state index in [1.54, 1.807) is 78.9 Å². The van der Waals surface area contributed by atoms with Crippen molar-refractivity contribution in [2.75, 3.05) is 83.1 Å². The lowest BCUT2D eigenvalue weighted by Crippen LogP contribution is -2.50. The van der Waals surface area contributed by atoms with Gasteiger partial charge in [-0.05, 0) is 104 Å². The molecule has 6 aromatic carbocycles. The maximum Gasteiger partial charge on any atom is 0.320 e. The molecule has 16 N–H and O–H groups in total. The molecule has 0 saturated heterocycles. The van der Waals surface area contributed by atoms with Gasteiger partial charge in [-0.25, -0.2) is 9.48 Å². The predicted molar refractivity (Wildman–Crippen MR) is 523 cm³/mol. The summed E-state index contributed by atoms with van der Waals surface area (Å²) >= 11 is 4.09. The van der Waals surface area contributed by atoms with Crippen LogP contribution in [0.2, 0.25) is 0 Å². The lowest BCUT2D eigenvalue weighted by molar-refractivity contribution is -0.255. The fraction of sp³-hybridized carbons (Fsp3) is 0.367. The van der Waals surface area contributed by atoms with E-state index in [0.717, 1.165) is 25.6 Å². The number of ketones is 2. The SMILES string of the molecule is C.CC(C)(C)SSCC(NC(=O)CCC(=O)NCCCCC(C(=O)O)N(CC(=O)O)CC(O)O)C(=O)NCNC(=O)c1ccc(C(=O)c2ccccc2)cc1.CC(C)c1ccc2c(-c3cc(N4C(=O)C=CC4=O)ccc3C(=O)[O-])c3ccc(=[N+](C)C)cc-3oc2c1.O=C(O)CN(CC(O)O)C(CCCCNC(=O)CCC(=O)NC(CS)C(=O)NCNC(=O)c1ccc(C(=O)c2ccccc2)cc1)C(=O)O. The van der Waals surface area contributed by atoms with Gasteiger partial charge < -0.3 is 97.7 Å². The van der Waals surface area contributed by atoms with Gasteiger partial charge in [0.15, 0.2) is 24.1 Å². The van der Waals surface area contributed by atoms with Gasteiger partial charge in [-0.1, -0.05) is 167 Å². The third-order valence-corrected chi connectivity index (χ3v) is 24.7. The first kappa shape index (κ1) is 115. The van der Waals surface area contributed by atoms with E-state index in [-0.39, 0.29) is 141 Å². The Morgan fingerprint density at radius 1 is 0.507 bits per heavy atom. The number of unbranched alkanes of at least 4 members (excludes halogenated alkanes) is 2. The molecule has 42 heteroatoms. The Morgan fingerprint density at radius 3 is 1.36 bits per heavy atom. The molecule has 3 aliphatic rings. The highest BCUT2D eigenvalue weighted by Crippen LogP contribution is 2.44. The van der Waals surface area contributed by atoms with Crippen molar-refractivity contribution >= 4 is 151 Å². The normalized spacial score (nSPS) is 12.5. The van der Waals surface area contributed by atoms with Crippen LogP contribution in [0.1, 0.15) is 181 Å². The van der Waals surface area contributed by atoms with Crippen molar-refractivity contribution in [3.8, 4) is 22.5 Å². The van der Waals surface area contributed by atoms with Crippen molar-refractivity contribution in [3.05, 3.63) is 226 Å². The number of rotatable bonds is 50. The minimum absolute atomic E-state index is 0. The first-order valence-electron chi connectivity index (χ1n) is 44.0. The molecule has 750 valence electrons. The number of nitrogens with zero attached hydrogens (tertiary/aromatic N) is 4. The maximum atomic E-state index is 13.1. The van der Waals surface area contributed by atoms with E-state index < -0.39 is 152 Å². The second-order valence-corrected chi connectivity index (χ2v) is 36.8. The summed E-state index contributed by atoms with van der Waals surface area (Å²) in [6, 6.07) is 40.9. The summed E-state index contributed by atoms with van der Waals surface area (Å²) < 4.78 is 8.16. The van der Waals surface area contributed by atoms with E-state index in [4.69, 9.17) is 24.8 Å². The highest BCUT2D eigenvalue weighted by Gasteiger charge is 2.33. The third-order valence-electron chi connectivity index (χ3n) is 21.0. The molecule has 1 aliphatic carbocycles. The van der Waals surface area contributed by atoms with Crippen LogP contribution < -0.4 is 62.5 Å². The largest absolute Gasteiger partial charge is 0.545 e. The molecular weight excluding hydrogens is 1870 g/mol. The lowest BCUT2D eigenvalue weighted by atomic mass is 9.89. The Morgan fingerprint density at radius 2 is 0.943 bits per heavy atom. The number of aliphatic hydroxyl groups is 4. The number of thiol groups is 1. The van der Waals surface area contributed by atoms with Crippen molar-refractivity contribution in [3.63, 3.8) is 0 Å². The molecule has 2 heterocycles. The van der Waals surface area contributed by atoms with Crippen LogP contribution in [0.15, 0.2) is 180 Å². The zero-order valence-electron chi connectivity index (χ0n) is 77.3. The molecule has 0 radical (unpaired) electrons. The van der Waals surface area contributed by atoms with Gasteiger partial charge in [-0.2, -0.15) is 12.6 Å². The van der Waals surface area contributed by atoms with Crippen molar-refractivity contribution in [1.82, 2.24) is 56.9 Å². The minimum atomic E-state index is -1.92. The van der Waals surface area contributed by atoms with Crippen molar-refractivity contribution in [2.45, 2.75) is 154 Å². The highest BCUT2D eigenvalue weighted by atomic mass is 33.1. The molecule has 39 nitrogen and oxygen atoms in total. The van der Waals surface area contributed by atoms with Gasteiger partial charge in [-0.15, -0.1) is 0 Å². The van der Waals surface area contributed by atoms with Gasteiger partial charge in [-0.3, -0.25) is 86.5 Å². The van der Waals surface area contributed by atoms with Gasteiger partial charge in [0, 0.05) is 129 Å². The summed E-state index contributed by atoms with van der Waals surface area (Å²) in [5.74, 6) is -11.2. The van der Waals surface area contributed by atoms with Gasteiger partial charge in [0.05, 0.1) is 57.2 Å². The number of amides is 10. The average Bonchev–Trinajstić information content (AvgIpc) is 0.880. The molecule has 140 heavy (non-hydrogen) atoms. The number of hydrogen-bond donors (Lipinski definition) is 17. The molecule has 2 aliphatic heterocycles. The van der Waals surface area contributed by atoms with Crippen molar-refractivity contribution < 1.29 is 132 Å². The second kappa shape index (κ2) is 56.9. The molecule has 4 unspecified atom stereocenters. The van der Waals surface area contributed by atoms with E-state index in [0.29, 0.717) is 68.5 Å². The Hall–Kier alpha value is -13.9. The minimum Gasteiger partial charge on any atom is -0.545 e. The van der Waals surface area contributed by atoms with Crippen LogP contribution in [0.25, 0.3) is 33.4 Å².